The van der Waals surface area contributed by atoms with E-state index < -0.39 is 0 Å². The molecule has 17 heavy (non-hydrogen) atoms. The SMILES string of the molecule is C[C@H](c1cc(I)ccc1F)N1CCNCC1.Cl. The van der Waals surface area contributed by atoms with Gasteiger partial charge in [0.2, 0.25) is 0 Å². The number of hydrogen-bond donors (Lipinski definition) is 1. The molecule has 96 valence electrons. The van der Waals surface area contributed by atoms with E-state index in [2.05, 4.69) is 39.7 Å². The maximum atomic E-state index is 13.7. The lowest BCUT2D eigenvalue weighted by molar-refractivity contribution is 0.182. The highest BCUT2D eigenvalue weighted by Crippen LogP contribution is 2.24. The first-order chi connectivity index (χ1) is 7.68. The molecular formula is C12H17ClFIN2. The number of nitrogens with zero attached hydrogens (tertiary/aromatic N) is 1. The van der Waals surface area contributed by atoms with Gasteiger partial charge in [-0.3, -0.25) is 4.90 Å². The monoisotopic (exact) mass is 370 g/mol. The van der Waals surface area contributed by atoms with E-state index in [4.69, 9.17) is 0 Å². The minimum Gasteiger partial charge on any atom is -0.314 e. The molecule has 0 aliphatic carbocycles. The number of nitrogens with one attached hydrogen (secondary N) is 1. The van der Waals surface area contributed by atoms with Gasteiger partial charge in [-0.1, -0.05) is 0 Å². The second kappa shape index (κ2) is 6.87. The number of hydrogen-bond acceptors (Lipinski definition) is 2. The van der Waals surface area contributed by atoms with E-state index in [1.54, 1.807) is 6.07 Å². The molecule has 5 heteroatoms. The molecule has 2 rings (SSSR count). The fraction of sp³-hybridized carbons (Fsp3) is 0.500. The van der Waals surface area contributed by atoms with E-state index in [1.165, 1.54) is 0 Å². The molecule has 1 aliphatic heterocycles. The van der Waals surface area contributed by atoms with E-state index in [1.807, 2.05) is 12.1 Å². The number of piperazine rings is 1. The van der Waals surface area contributed by atoms with Crippen LogP contribution in [0.1, 0.15) is 18.5 Å². The van der Waals surface area contributed by atoms with Gasteiger partial charge in [-0.05, 0) is 47.7 Å². The standard InChI is InChI=1S/C12H16FIN2.ClH/c1-9(16-6-4-15-5-7-16)11-8-10(14)2-3-12(11)13;/h2-3,8-9,15H,4-7H2,1H3;1H/t9-;/m1./s1. The van der Waals surface area contributed by atoms with Crippen LogP contribution in [0.5, 0.6) is 0 Å². The van der Waals surface area contributed by atoms with Gasteiger partial charge in [0.15, 0.2) is 0 Å². The third-order valence-corrected chi connectivity index (χ3v) is 3.78. The lowest BCUT2D eigenvalue weighted by Gasteiger charge is -2.33. The predicted octanol–water partition coefficient (Wildman–Crippen LogP) is 2.82. The molecule has 0 spiro atoms. The largest absolute Gasteiger partial charge is 0.314 e. The molecule has 1 N–H and O–H groups in total. The second-order valence-electron chi connectivity index (χ2n) is 4.13. The Balaban J connectivity index is 0.00000144. The first-order valence-corrected chi connectivity index (χ1v) is 6.66. The number of rotatable bonds is 2. The molecule has 0 amide bonds. The van der Waals surface area contributed by atoms with Gasteiger partial charge in [-0.25, -0.2) is 4.39 Å². The third kappa shape index (κ3) is 3.77. The number of benzene rings is 1. The van der Waals surface area contributed by atoms with E-state index >= 15 is 0 Å². The topological polar surface area (TPSA) is 15.3 Å². The van der Waals surface area contributed by atoms with Crippen LogP contribution >= 0.6 is 35.0 Å². The van der Waals surface area contributed by atoms with Crippen molar-refractivity contribution >= 4 is 35.0 Å². The molecule has 0 aromatic heterocycles. The Labute approximate surface area is 122 Å². The predicted molar refractivity (Wildman–Crippen MR) is 79.2 cm³/mol. The maximum Gasteiger partial charge on any atom is 0.128 e. The van der Waals surface area contributed by atoms with E-state index in [0.717, 1.165) is 35.3 Å². The lowest BCUT2D eigenvalue weighted by atomic mass is 10.1. The van der Waals surface area contributed by atoms with Gasteiger partial charge in [-0.15, -0.1) is 12.4 Å². The van der Waals surface area contributed by atoms with Crippen molar-refractivity contribution in [1.29, 1.82) is 0 Å². The molecular weight excluding hydrogens is 354 g/mol. The summed E-state index contributed by atoms with van der Waals surface area (Å²) in [4.78, 5) is 2.32. The summed E-state index contributed by atoms with van der Waals surface area (Å²) in [7, 11) is 0. The molecule has 1 aromatic carbocycles. The average molecular weight is 371 g/mol. The summed E-state index contributed by atoms with van der Waals surface area (Å²) in [6, 6.07) is 5.49. The average Bonchev–Trinajstić information content (AvgIpc) is 2.32. The molecule has 1 heterocycles. The Bertz CT molecular complexity index is 370. The fourth-order valence-electron chi connectivity index (χ4n) is 2.10. The summed E-state index contributed by atoms with van der Waals surface area (Å²) < 4.78 is 14.8. The van der Waals surface area contributed by atoms with Crippen molar-refractivity contribution in [3.8, 4) is 0 Å². The van der Waals surface area contributed by atoms with Gasteiger partial charge < -0.3 is 5.32 Å². The lowest BCUT2D eigenvalue weighted by Crippen LogP contribution is -2.44. The first kappa shape index (κ1) is 15.1. The first-order valence-electron chi connectivity index (χ1n) is 5.58. The zero-order valence-electron chi connectivity index (χ0n) is 9.75. The highest BCUT2D eigenvalue weighted by atomic mass is 127. The molecule has 0 bridgehead atoms. The molecule has 1 fully saturated rings. The summed E-state index contributed by atoms with van der Waals surface area (Å²) in [5.41, 5.74) is 0.814. The van der Waals surface area contributed by atoms with Crippen LogP contribution in [0.25, 0.3) is 0 Å². The Morgan fingerprint density at radius 3 is 2.65 bits per heavy atom. The van der Waals surface area contributed by atoms with Gasteiger partial charge >= 0.3 is 0 Å². The normalized spacial score (nSPS) is 18.5. The zero-order valence-corrected chi connectivity index (χ0v) is 12.7. The van der Waals surface area contributed by atoms with Crippen LogP contribution in [0.15, 0.2) is 18.2 Å². The van der Waals surface area contributed by atoms with Crippen molar-refractivity contribution in [3.05, 3.63) is 33.1 Å². The van der Waals surface area contributed by atoms with E-state index in [-0.39, 0.29) is 24.3 Å². The Kier molecular flexibility index (Phi) is 6.12. The van der Waals surface area contributed by atoms with Gasteiger partial charge in [0, 0.05) is 41.4 Å². The summed E-state index contributed by atoms with van der Waals surface area (Å²) in [6.45, 7) is 6.06. The second-order valence-corrected chi connectivity index (χ2v) is 5.37. The molecule has 0 saturated carbocycles. The van der Waals surface area contributed by atoms with Crippen LogP contribution in [0, 0.1) is 9.39 Å². The third-order valence-electron chi connectivity index (χ3n) is 3.11. The van der Waals surface area contributed by atoms with Crippen LogP contribution in [0.3, 0.4) is 0 Å². The fourth-order valence-corrected chi connectivity index (χ4v) is 2.62. The van der Waals surface area contributed by atoms with Crippen LogP contribution < -0.4 is 5.32 Å². The van der Waals surface area contributed by atoms with Crippen LogP contribution in [-0.2, 0) is 0 Å². The molecule has 1 atom stereocenters. The summed E-state index contributed by atoms with van der Waals surface area (Å²) in [6.07, 6.45) is 0. The highest BCUT2D eigenvalue weighted by Gasteiger charge is 2.20. The minimum atomic E-state index is -0.0913. The Morgan fingerprint density at radius 2 is 2.00 bits per heavy atom. The van der Waals surface area contributed by atoms with Crippen LogP contribution in [0.4, 0.5) is 4.39 Å². The Morgan fingerprint density at radius 1 is 1.35 bits per heavy atom. The molecule has 0 radical (unpaired) electrons. The molecule has 0 unspecified atom stereocenters. The summed E-state index contributed by atoms with van der Waals surface area (Å²) >= 11 is 2.23. The van der Waals surface area contributed by atoms with Crippen molar-refractivity contribution < 1.29 is 4.39 Å². The molecule has 2 nitrogen and oxygen atoms in total. The van der Waals surface area contributed by atoms with Gasteiger partial charge in [-0.2, -0.15) is 0 Å². The van der Waals surface area contributed by atoms with Crippen molar-refractivity contribution in [2.45, 2.75) is 13.0 Å². The van der Waals surface area contributed by atoms with E-state index in [9.17, 15) is 4.39 Å². The molecule has 1 aromatic rings. The van der Waals surface area contributed by atoms with Crippen molar-refractivity contribution in [2.75, 3.05) is 26.2 Å². The quantitative estimate of drug-likeness (QED) is 0.806. The highest BCUT2D eigenvalue weighted by molar-refractivity contribution is 14.1. The van der Waals surface area contributed by atoms with Crippen LogP contribution in [-0.4, -0.2) is 31.1 Å². The summed E-state index contributed by atoms with van der Waals surface area (Å²) in [5, 5.41) is 3.31. The summed E-state index contributed by atoms with van der Waals surface area (Å²) in [5.74, 6) is -0.0913. The van der Waals surface area contributed by atoms with Crippen LogP contribution in [0.2, 0.25) is 0 Å². The van der Waals surface area contributed by atoms with Gasteiger partial charge in [0.25, 0.3) is 0 Å². The van der Waals surface area contributed by atoms with Crippen molar-refractivity contribution in [3.63, 3.8) is 0 Å². The minimum absolute atomic E-state index is 0. The van der Waals surface area contributed by atoms with Gasteiger partial charge in [0.1, 0.15) is 5.82 Å². The Hall–Kier alpha value is 0.0900. The van der Waals surface area contributed by atoms with Crippen molar-refractivity contribution in [2.24, 2.45) is 0 Å². The van der Waals surface area contributed by atoms with Crippen molar-refractivity contribution in [1.82, 2.24) is 10.2 Å². The molecule has 1 aliphatic rings. The number of halogens is 3. The smallest absolute Gasteiger partial charge is 0.128 e. The van der Waals surface area contributed by atoms with Gasteiger partial charge in [0.05, 0.1) is 0 Å². The molecule has 1 saturated heterocycles. The zero-order chi connectivity index (χ0) is 11.5. The maximum absolute atomic E-state index is 13.7. The van der Waals surface area contributed by atoms with E-state index in [0.29, 0.717) is 0 Å².